The maximum absolute atomic E-state index is 12.2. The molecule has 6 nitrogen and oxygen atoms in total. The van der Waals surface area contributed by atoms with Crippen LogP contribution in [0.5, 0.6) is 5.75 Å². The Balaban J connectivity index is 1.24. The molecule has 0 aliphatic rings. The van der Waals surface area contributed by atoms with Gasteiger partial charge < -0.3 is 14.5 Å². The summed E-state index contributed by atoms with van der Waals surface area (Å²) in [6.45, 7) is 0.178. The molecule has 30 heavy (non-hydrogen) atoms. The molecule has 0 radical (unpaired) electrons. The van der Waals surface area contributed by atoms with Crippen molar-refractivity contribution in [3.63, 3.8) is 0 Å². The zero-order valence-corrected chi connectivity index (χ0v) is 16.8. The fourth-order valence-corrected chi connectivity index (χ4v) is 3.30. The molecular weight excluding hydrogens is 398 g/mol. The third-order valence-corrected chi connectivity index (χ3v) is 4.97. The lowest BCUT2D eigenvalue weighted by Gasteiger charge is -2.06. The minimum atomic E-state index is -0.146. The first-order valence-electron chi connectivity index (χ1n) is 9.35. The van der Waals surface area contributed by atoms with Crippen LogP contribution >= 0.6 is 11.8 Å². The van der Waals surface area contributed by atoms with Crippen molar-refractivity contribution >= 4 is 23.4 Å². The van der Waals surface area contributed by atoms with Crippen molar-refractivity contribution in [2.24, 2.45) is 0 Å². The van der Waals surface area contributed by atoms with E-state index in [1.165, 1.54) is 11.8 Å². The van der Waals surface area contributed by atoms with Gasteiger partial charge in [0.25, 0.3) is 11.1 Å². The number of rotatable bonds is 8. The van der Waals surface area contributed by atoms with Gasteiger partial charge in [-0.25, -0.2) is 0 Å². The summed E-state index contributed by atoms with van der Waals surface area (Å²) < 4.78 is 11.1. The molecule has 1 N–H and O–H groups in total. The Morgan fingerprint density at radius 2 is 1.53 bits per heavy atom. The Kier molecular flexibility index (Phi) is 6.41. The highest BCUT2D eigenvalue weighted by molar-refractivity contribution is 7.99. The Labute approximate surface area is 178 Å². The second kappa shape index (κ2) is 9.76. The third kappa shape index (κ3) is 5.48. The normalized spacial score (nSPS) is 10.5. The molecule has 0 atom stereocenters. The molecule has 0 bridgehead atoms. The molecule has 0 unspecified atom stereocenters. The molecule has 4 aromatic rings. The Hall–Kier alpha value is -3.58. The average molecular weight is 417 g/mol. The number of aromatic nitrogens is 2. The molecule has 7 heteroatoms. The van der Waals surface area contributed by atoms with Gasteiger partial charge in [0.15, 0.2) is 6.61 Å². The van der Waals surface area contributed by atoms with E-state index in [0.717, 1.165) is 22.6 Å². The zero-order chi connectivity index (χ0) is 20.6. The summed E-state index contributed by atoms with van der Waals surface area (Å²) in [4.78, 5) is 12.2. The number of hydrogen-bond acceptors (Lipinski definition) is 6. The fourth-order valence-electron chi connectivity index (χ4n) is 2.72. The molecule has 0 aliphatic carbocycles. The van der Waals surface area contributed by atoms with Crippen molar-refractivity contribution in [1.82, 2.24) is 10.2 Å². The van der Waals surface area contributed by atoms with Gasteiger partial charge in [-0.2, -0.15) is 0 Å². The second-order valence-corrected chi connectivity index (χ2v) is 7.27. The SMILES string of the molecule is O=C(CSc1nnc(COc2ccccc2)o1)Nc1ccc(-c2ccccc2)cc1. The number of ether oxygens (including phenoxy) is 1. The molecular formula is C23H19N3O3S. The van der Waals surface area contributed by atoms with Gasteiger partial charge >= 0.3 is 0 Å². The van der Waals surface area contributed by atoms with Crippen molar-refractivity contribution in [1.29, 1.82) is 0 Å². The second-order valence-electron chi connectivity index (χ2n) is 6.34. The highest BCUT2D eigenvalue weighted by Gasteiger charge is 2.11. The minimum absolute atomic E-state index is 0.146. The minimum Gasteiger partial charge on any atom is -0.484 e. The van der Waals surface area contributed by atoms with E-state index < -0.39 is 0 Å². The first-order chi connectivity index (χ1) is 14.8. The number of para-hydroxylation sites is 1. The van der Waals surface area contributed by atoms with E-state index in [1.807, 2.05) is 84.9 Å². The van der Waals surface area contributed by atoms with Crippen LogP contribution in [-0.2, 0) is 11.4 Å². The molecule has 0 spiro atoms. The van der Waals surface area contributed by atoms with Crippen LogP contribution < -0.4 is 10.1 Å². The van der Waals surface area contributed by atoms with Crippen LogP contribution in [0.25, 0.3) is 11.1 Å². The summed E-state index contributed by atoms with van der Waals surface area (Å²) in [5.41, 5.74) is 2.97. The summed E-state index contributed by atoms with van der Waals surface area (Å²) in [6.07, 6.45) is 0. The molecule has 0 aliphatic heterocycles. The zero-order valence-electron chi connectivity index (χ0n) is 16.0. The first-order valence-corrected chi connectivity index (χ1v) is 10.3. The molecule has 1 aromatic heterocycles. The van der Waals surface area contributed by atoms with E-state index in [0.29, 0.717) is 11.1 Å². The number of benzene rings is 3. The van der Waals surface area contributed by atoms with Crippen molar-refractivity contribution in [3.8, 4) is 16.9 Å². The quantitative estimate of drug-likeness (QED) is 0.405. The van der Waals surface area contributed by atoms with E-state index in [1.54, 1.807) is 0 Å². The number of carbonyl (C=O) groups is 1. The van der Waals surface area contributed by atoms with Gasteiger partial charge in [-0.15, -0.1) is 10.2 Å². The Morgan fingerprint density at radius 3 is 2.27 bits per heavy atom. The molecule has 4 rings (SSSR count). The number of hydrogen-bond donors (Lipinski definition) is 1. The Bertz CT molecular complexity index is 1080. The monoisotopic (exact) mass is 417 g/mol. The molecule has 0 saturated heterocycles. The van der Waals surface area contributed by atoms with E-state index in [9.17, 15) is 4.79 Å². The number of carbonyl (C=O) groups excluding carboxylic acids is 1. The first kappa shape index (κ1) is 19.7. The van der Waals surface area contributed by atoms with Crippen molar-refractivity contribution < 1.29 is 13.9 Å². The lowest BCUT2D eigenvalue weighted by atomic mass is 10.1. The van der Waals surface area contributed by atoms with Crippen LogP contribution in [0.2, 0.25) is 0 Å². The van der Waals surface area contributed by atoms with E-state index in [4.69, 9.17) is 9.15 Å². The maximum atomic E-state index is 12.2. The summed E-state index contributed by atoms with van der Waals surface area (Å²) in [5.74, 6) is 1.11. The fraction of sp³-hybridized carbons (Fsp3) is 0.0870. The van der Waals surface area contributed by atoms with Crippen LogP contribution in [0, 0.1) is 0 Å². The summed E-state index contributed by atoms with van der Waals surface area (Å²) >= 11 is 1.18. The topological polar surface area (TPSA) is 77.2 Å². The van der Waals surface area contributed by atoms with Gasteiger partial charge in [-0.3, -0.25) is 4.79 Å². The number of nitrogens with zero attached hydrogens (tertiary/aromatic N) is 2. The number of thioether (sulfide) groups is 1. The standard InChI is InChI=1S/C23H19N3O3S/c27-21(24-19-13-11-18(12-14-19)17-7-3-1-4-8-17)16-30-23-26-25-22(29-23)15-28-20-9-5-2-6-10-20/h1-14H,15-16H2,(H,24,27). The van der Waals surface area contributed by atoms with Crippen LogP contribution in [0.3, 0.4) is 0 Å². The van der Waals surface area contributed by atoms with Gasteiger partial charge in [0, 0.05) is 5.69 Å². The maximum Gasteiger partial charge on any atom is 0.277 e. The summed E-state index contributed by atoms with van der Waals surface area (Å²) in [6, 6.07) is 27.2. The lowest BCUT2D eigenvalue weighted by molar-refractivity contribution is -0.113. The molecule has 1 heterocycles. The highest BCUT2D eigenvalue weighted by atomic mass is 32.2. The number of nitrogens with one attached hydrogen (secondary N) is 1. The van der Waals surface area contributed by atoms with E-state index >= 15 is 0 Å². The van der Waals surface area contributed by atoms with Crippen molar-refractivity contribution in [3.05, 3.63) is 90.8 Å². The lowest BCUT2D eigenvalue weighted by Crippen LogP contribution is -2.13. The molecule has 0 fully saturated rings. The van der Waals surface area contributed by atoms with Gasteiger partial charge in [0.2, 0.25) is 5.91 Å². The molecule has 150 valence electrons. The third-order valence-electron chi connectivity index (χ3n) is 4.16. The van der Waals surface area contributed by atoms with E-state index in [2.05, 4.69) is 15.5 Å². The van der Waals surface area contributed by atoms with Crippen LogP contribution in [0.1, 0.15) is 5.89 Å². The van der Waals surface area contributed by atoms with Crippen molar-refractivity contribution in [2.45, 2.75) is 11.8 Å². The summed E-state index contributed by atoms with van der Waals surface area (Å²) in [7, 11) is 0. The smallest absolute Gasteiger partial charge is 0.277 e. The number of amides is 1. The van der Waals surface area contributed by atoms with Gasteiger partial charge in [-0.1, -0.05) is 72.4 Å². The van der Waals surface area contributed by atoms with Gasteiger partial charge in [0.1, 0.15) is 5.75 Å². The molecule has 3 aromatic carbocycles. The summed E-state index contributed by atoms with van der Waals surface area (Å²) in [5, 5.41) is 11.1. The van der Waals surface area contributed by atoms with Gasteiger partial charge in [-0.05, 0) is 35.4 Å². The number of anilines is 1. The van der Waals surface area contributed by atoms with Crippen LogP contribution in [0.4, 0.5) is 5.69 Å². The average Bonchev–Trinajstić information content (AvgIpc) is 3.26. The van der Waals surface area contributed by atoms with Crippen LogP contribution in [0.15, 0.2) is 94.6 Å². The predicted octanol–water partition coefficient (Wildman–Crippen LogP) is 5.05. The van der Waals surface area contributed by atoms with Crippen LogP contribution in [-0.4, -0.2) is 21.9 Å². The largest absolute Gasteiger partial charge is 0.484 e. The predicted molar refractivity (Wildman–Crippen MR) is 116 cm³/mol. The van der Waals surface area contributed by atoms with Crippen molar-refractivity contribution in [2.75, 3.05) is 11.1 Å². The Morgan fingerprint density at radius 1 is 0.867 bits per heavy atom. The highest BCUT2D eigenvalue weighted by Crippen LogP contribution is 2.22. The van der Waals surface area contributed by atoms with Gasteiger partial charge in [0.05, 0.1) is 5.75 Å². The molecule has 1 amide bonds. The van der Waals surface area contributed by atoms with E-state index in [-0.39, 0.29) is 18.3 Å². The molecule has 0 saturated carbocycles.